The Morgan fingerprint density at radius 1 is 1.28 bits per heavy atom. The third-order valence-corrected chi connectivity index (χ3v) is 3.99. The Hall–Kier alpha value is -2.70. The number of aromatic nitrogens is 1. The first-order valence-corrected chi connectivity index (χ1v) is 7.94. The lowest BCUT2D eigenvalue weighted by Gasteiger charge is -2.18. The van der Waals surface area contributed by atoms with Gasteiger partial charge < -0.3 is 14.6 Å². The van der Waals surface area contributed by atoms with E-state index in [0.29, 0.717) is 17.7 Å². The van der Waals surface area contributed by atoms with Crippen LogP contribution in [0.15, 0.2) is 28.8 Å². The summed E-state index contributed by atoms with van der Waals surface area (Å²) in [5, 5.41) is 6.66. The first-order valence-electron chi connectivity index (χ1n) is 7.94. The van der Waals surface area contributed by atoms with Crippen LogP contribution < -0.4 is 5.32 Å². The number of carbonyl (C=O) groups excluding carboxylic acids is 2. The van der Waals surface area contributed by atoms with E-state index in [9.17, 15) is 14.0 Å². The van der Waals surface area contributed by atoms with Gasteiger partial charge in [-0.1, -0.05) is 17.3 Å². The second kappa shape index (κ2) is 8.41. The molecule has 0 spiro atoms. The molecule has 134 valence electrons. The second-order valence-electron chi connectivity index (χ2n) is 5.75. The molecule has 25 heavy (non-hydrogen) atoms. The third kappa shape index (κ3) is 5.14. The fourth-order valence-electron chi connectivity index (χ4n) is 2.56. The van der Waals surface area contributed by atoms with Crippen LogP contribution in [0.25, 0.3) is 0 Å². The fourth-order valence-corrected chi connectivity index (χ4v) is 2.56. The van der Waals surface area contributed by atoms with E-state index < -0.39 is 12.0 Å². The summed E-state index contributed by atoms with van der Waals surface area (Å²) >= 11 is 0. The number of aryl methyl sites for hydroxylation is 2. The van der Waals surface area contributed by atoms with Crippen molar-refractivity contribution in [2.45, 2.75) is 39.2 Å². The second-order valence-corrected chi connectivity index (χ2v) is 5.75. The predicted octanol–water partition coefficient (Wildman–Crippen LogP) is 2.78. The minimum Gasteiger partial charge on any atom is -0.469 e. The summed E-state index contributed by atoms with van der Waals surface area (Å²) in [6.07, 6.45) is 0.683. The molecule has 1 amide bonds. The highest BCUT2D eigenvalue weighted by atomic mass is 19.1. The highest BCUT2D eigenvalue weighted by molar-refractivity contribution is 5.78. The number of nitrogens with zero attached hydrogens (tertiary/aromatic N) is 1. The Kier molecular flexibility index (Phi) is 6.27. The Morgan fingerprint density at radius 2 is 1.96 bits per heavy atom. The van der Waals surface area contributed by atoms with Crippen LogP contribution in [0.1, 0.15) is 41.5 Å². The van der Waals surface area contributed by atoms with Crippen LogP contribution in [0.5, 0.6) is 0 Å². The molecule has 1 heterocycles. The molecule has 0 fully saturated rings. The molecule has 1 aromatic heterocycles. The molecule has 1 aromatic carbocycles. The van der Waals surface area contributed by atoms with Crippen molar-refractivity contribution < 1.29 is 23.2 Å². The van der Waals surface area contributed by atoms with Gasteiger partial charge in [-0.15, -0.1) is 0 Å². The summed E-state index contributed by atoms with van der Waals surface area (Å²) in [4.78, 5) is 23.9. The number of nitrogens with one attached hydrogen (secondary N) is 1. The van der Waals surface area contributed by atoms with Gasteiger partial charge in [-0.2, -0.15) is 0 Å². The zero-order chi connectivity index (χ0) is 18.4. The molecule has 2 rings (SSSR count). The zero-order valence-corrected chi connectivity index (χ0v) is 14.5. The lowest BCUT2D eigenvalue weighted by atomic mass is 10.0. The van der Waals surface area contributed by atoms with Crippen LogP contribution in [-0.4, -0.2) is 24.1 Å². The van der Waals surface area contributed by atoms with E-state index in [1.807, 2.05) is 6.92 Å². The highest BCUT2D eigenvalue weighted by Crippen LogP contribution is 2.19. The van der Waals surface area contributed by atoms with Crippen molar-refractivity contribution in [2.75, 3.05) is 7.11 Å². The van der Waals surface area contributed by atoms with Gasteiger partial charge in [0.05, 0.1) is 25.3 Å². The minimum absolute atomic E-state index is 0.0286. The molecule has 0 aliphatic heterocycles. The Balaban J connectivity index is 2.03. The Morgan fingerprint density at radius 3 is 2.52 bits per heavy atom. The smallest absolute Gasteiger partial charge is 0.307 e. The van der Waals surface area contributed by atoms with Crippen molar-refractivity contribution in [3.8, 4) is 0 Å². The molecule has 0 bridgehead atoms. The van der Waals surface area contributed by atoms with Crippen molar-refractivity contribution in [2.24, 2.45) is 0 Å². The van der Waals surface area contributed by atoms with Crippen LogP contribution >= 0.6 is 0 Å². The van der Waals surface area contributed by atoms with Crippen LogP contribution in [0.3, 0.4) is 0 Å². The van der Waals surface area contributed by atoms with Crippen LogP contribution in [-0.2, 0) is 20.7 Å². The van der Waals surface area contributed by atoms with Gasteiger partial charge in [-0.25, -0.2) is 4.39 Å². The van der Waals surface area contributed by atoms with Crippen molar-refractivity contribution in [1.29, 1.82) is 0 Å². The maximum atomic E-state index is 13.1. The van der Waals surface area contributed by atoms with E-state index >= 15 is 0 Å². The molecular weight excluding hydrogens is 327 g/mol. The number of hydrogen-bond donors (Lipinski definition) is 1. The molecule has 1 atom stereocenters. The first kappa shape index (κ1) is 18.6. The number of carbonyl (C=O) groups is 2. The Labute approximate surface area is 145 Å². The van der Waals surface area contributed by atoms with Gasteiger partial charge in [0.15, 0.2) is 0 Å². The number of esters is 1. The minimum atomic E-state index is -0.579. The van der Waals surface area contributed by atoms with Crippen LogP contribution in [0.4, 0.5) is 4.39 Å². The zero-order valence-electron chi connectivity index (χ0n) is 14.5. The van der Waals surface area contributed by atoms with Gasteiger partial charge in [-0.3, -0.25) is 9.59 Å². The summed E-state index contributed by atoms with van der Waals surface area (Å²) in [6.45, 7) is 3.62. The van der Waals surface area contributed by atoms with Gasteiger partial charge in [0.2, 0.25) is 5.91 Å². The Bertz CT molecular complexity index is 721. The van der Waals surface area contributed by atoms with Crippen LogP contribution in [0, 0.1) is 19.7 Å². The first-order chi connectivity index (χ1) is 11.9. The van der Waals surface area contributed by atoms with Gasteiger partial charge in [0.25, 0.3) is 0 Å². The van der Waals surface area contributed by atoms with Gasteiger partial charge >= 0.3 is 5.97 Å². The molecule has 0 saturated heterocycles. The van der Waals surface area contributed by atoms with E-state index in [2.05, 4.69) is 15.2 Å². The molecule has 1 N–H and O–H groups in total. The third-order valence-electron chi connectivity index (χ3n) is 3.99. The number of amides is 1. The standard InChI is InChI=1S/C18H21FN2O4/c1-11-15(12(2)25-21-11)8-9-17(22)20-16(10-18(23)24-3)13-4-6-14(19)7-5-13/h4-7,16H,8-10H2,1-3H3,(H,20,22)/t16-/m0/s1. The van der Waals surface area contributed by atoms with E-state index in [1.165, 1.54) is 31.4 Å². The summed E-state index contributed by atoms with van der Waals surface area (Å²) in [5.74, 6) is -0.376. The quantitative estimate of drug-likeness (QED) is 0.778. The van der Waals surface area contributed by atoms with Gasteiger partial charge in [0.1, 0.15) is 11.6 Å². The number of halogens is 1. The lowest BCUT2D eigenvalue weighted by molar-refractivity contribution is -0.141. The van der Waals surface area contributed by atoms with Crippen LogP contribution in [0.2, 0.25) is 0 Å². The summed E-state index contributed by atoms with van der Waals surface area (Å²) in [7, 11) is 1.28. The number of hydrogen-bond acceptors (Lipinski definition) is 5. The molecule has 0 aliphatic rings. The molecule has 0 unspecified atom stereocenters. The SMILES string of the molecule is COC(=O)C[C@H](NC(=O)CCc1c(C)noc1C)c1ccc(F)cc1. The molecule has 2 aromatic rings. The lowest BCUT2D eigenvalue weighted by Crippen LogP contribution is -2.30. The van der Waals surface area contributed by atoms with E-state index in [1.54, 1.807) is 6.92 Å². The number of methoxy groups -OCH3 is 1. The molecule has 0 aliphatic carbocycles. The monoisotopic (exact) mass is 348 g/mol. The largest absolute Gasteiger partial charge is 0.469 e. The topological polar surface area (TPSA) is 81.4 Å². The summed E-state index contributed by atoms with van der Waals surface area (Å²) in [5.41, 5.74) is 2.30. The number of benzene rings is 1. The average molecular weight is 348 g/mol. The number of rotatable bonds is 7. The predicted molar refractivity (Wildman–Crippen MR) is 88.2 cm³/mol. The maximum Gasteiger partial charge on any atom is 0.307 e. The highest BCUT2D eigenvalue weighted by Gasteiger charge is 2.20. The van der Waals surface area contributed by atoms with E-state index in [0.717, 1.165) is 11.3 Å². The van der Waals surface area contributed by atoms with Crippen molar-refractivity contribution >= 4 is 11.9 Å². The normalized spacial score (nSPS) is 11.8. The van der Waals surface area contributed by atoms with Crippen molar-refractivity contribution in [1.82, 2.24) is 10.5 Å². The fraction of sp³-hybridized carbons (Fsp3) is 0.389. The maximum absolute atomic E-state index is 13.1. The molecule has 7 heteroatoms. The molecule has 0 saturated carbocycles. The van der Waals surface area contributed by atoms with Crippen molar-refractivity contribution in [3.05, 3.63) is 52.7 Å². The molecule has 0 radical (unpaired) electrons. The van der Waals surface area contributed by atoms with Gasteiger partial charge in [-0.05, 0) is 38.0 Å². The summed E-state index contributed by atoms with van der Waals surface area (Å²) in [6, 6.07) is 5.07. The van der Waals surface area contributed by atoms with Crippen molar-refractivity contribution in [3.63, 3.8) is 0 Å². The summed E-state index contributed by atoms with van der Waals surface area (Å²) < 4.78 is 22.9. The molecule has 6 nitrogen and oxygen atoms in total. The van der Waals surface area contributed by atoms with E-state index in [4.69, 9.17) is 4.52 Å². The average Bonchev–Trinajstić information content (AvgIpc) is 2.91. The molecular formula is C18H21FN2O4. The van der Waals surface area contributed by atoms with E-state index in [-0.39, 0.29) is 24.6 Å². The van der Waals surface area contributed by atoms with Gasteiger partial charge in [0, 0.05) is 12.0 Å². The number of ether oxygens (including phenoxy) is 1.